The summed E-state index contributed by atoms with van der Waals surface area (Å²) in [5.74, 6) is -2.77. The van der Waals surface area contributed by atoms with E-state index in [-0.39, 0.29) is 36.0 Å². The number of nitrogens with zero attached hydrogens (tertiary/aromatic N) is 1. The van der Waals surface area contributed by atoms with Gasteiger partial charge in [-0.15, -0.1) is 0 Å². The quantitative estimate of drug-likeness (QED) is 0.665. The molecule has 8 nitrogen and oxygen atoms in total. The topological polar surface area (TPSA) is 131 Å². The molecular weight excluding hydrogens is 366 g/mol. The largest absolute Gasteiger partial charge is 0.477 e. The molecule has 0 amide bonds. The minimum atomic E-state index is -1.24. The van der Waals surface area contributed by atoms with Gasteiger partial charge in [-0.05, 0) is 36.6 Å². The number of benzene rings is 1. The summed E-state index contributed by atoms with van der Waals surface area (Å²) in [5, 5.41) is 19.3. The summed E-state index contributed by atoms with van der Waals surface area (Å²) in [6.07, 6.45) is 4.21. The van der Waals surface area contributed by atoms with Crippen molar-refractivity contribution in [2.75, 3.05) is 0 Å². The Balaban J connectivity index is 2.19. The molecule has 1 aliphatic rings. The van der Waals surface area contributed by atoms with E-state index in [0.29, 0.717) is 34.9 Å². The van der Waals surface area contributed by atoms with Gasteiger partial charge < -0.3 is 24.5 Å². The molecule has 2 heterocycles. The first-order valence-electron chi connectivity index (χ1n) is 8.65. The van der Waals surface area contributed by atoms with E-state index in [0.717, 1.165) is 12.6 Å². The number of rotatable bonds is 8. The number of aliphatic carboxylic acids is 1. The summed E-state index contributed by atoms with van der Waals surface area (Å²) < 4.78 is 5.46. The average Bonchev–Trinajstić information content (AvgIpc) is 2.68. The van der Waals surface area contributed by atoms with E-state index in [2.05, 4.69) is 4.98 Å². The first kappa shape index (κ1) is 19.2. The third kappa shape index (κ3) is 3.75. The molecule has 144 valence electrons. The van der Waals surface area contributed by atoms with Crippen molar-refractivity contribution in [2.24, 2.45) is 0 Å². The van der Waals surface area contributed by atoms with Crippen LogP contribution >= 0.6 is 0 Å². The predicted molar refractivity (Wildman–Crippen MR) is 97.5 cm³/mol. The number of pyridine rings is 1. The normalized spacial score (nSPS) is 15.3. The molecular formula is C20H17NO7. The highest BCUT2D eigenvalue weighted by Crippen LogP contribution is 2.40. The van der Waals surface area contributed by atoms with Crippen LogP contribution in [0.15, 0.2) is 30.0 Å². The summed E-state index contributed by atoms with van der Waals surface area (Å²) >= 11 is 0. The van der Waals surface area contributed by atoms with Gasteiger partial charge in [0, 0.05) is 35.8 Å². The monoisotopic (exact) mass is 383 g/mol. The molecule has 8 heteroatoms. The van der Waals surface area contributed by atoms with Crippen molar-refractivity contribution in [2.45, 2.75) is 31.6 Å². The number of allylic oxidation sites excluding steroid dienone is 1. The van der Waals surface area contributed by atoms with Gasteiger partial charge in [-0.25, -0.2) is 14.6 Å². The molecule has 1 aromatic heterocycles. The van der Waals surface area contributed by atoms with E-state index in [9.17, 15) is 29.4 Å². The van der Waals surface area contributed by atoms with Gasteiger partial charge in [0.2, 0.25) is 5.76 Å². The van der Waals surface area contributed by atoms with Gasteiger partial charge in [0.15, 0.2) is 0 Å². The number of aldehydes is 2. The second kappa shape index (κ2) is 7.99. The number of hydrogen-bond acceptors (Lipinski definition) is 6. The number of aryl methyl sites for hydroxylation is 1. The maximum atomic E-state index is 11.4. The van der Waals surface area contributed by atoms with Crippen LogP contribution in [0, 0.1) is 0 Å². The Morgan fingerprint density at radius 3 is 2.46 bits per heavy atom. The van der Waals surface area contributed by atoms with Crippen molar-refractivity contribution in [1.29, 1.82) is 0 Å². The lowest BCUT2D eigenvalue weighted by atomic mass is 9.89. The lowest BCUT2D eigenvalue weighted by molar-refractivity contribution is -0.135. The van der Waals surface area contributed by atoms with Crippen molar-refractivity contribution < 1.29 is 34.1 Å². The third-order valence-corrected chi connectivity index (χ3v) is 4.55. The summed E-state index contributed by atoms with van der Waals surface area (Å²) in [4.78, 5) is 48.5. The van der Waals surface area contributed by atoms with Crippen molar-refractivity contribution in [3.8, 4) is 5.75 Å². The highest BCUT2D eigenvalue weighted by atomic mass is 16.5. The molecule has 0 saturated carbocycles. The molecule has 0 aliphatic carbocycles. The summed E-state index contributed by atoms with van der Waals surface area (Å²) in [6, 6.07) is 4.71. The smallest absolute Gasteiger partial charge is 0.371 e. The number of hydrogen-bond donors (Lipinski definition) is 2. The zero-order valence-electron chi connectivity index (χ0n) is 14.8. The minimum Gasteiger partial charge on any atom is -0.477 e. The Morgan fingerprint density at radius 1 is 1.07 bits per heavy atom. The first-order valence-corrected chi connectivity index (χ1v) is 8.65. The maximum Gasteiger partial charge on any atom is 0.371 e. The molecule has 2 aromatic rings. The molecule has 0 spiro atoms. The lowest BCUT2D eigenvalue weighted by Gasteiger charge is -2.24. The summed E-state index contributed by atoms with van der Waals surface area (Å²) in [7, 11) is 0. The SMILES string of the molecule is O=CCCc1cc(C(=O)O)nc2cc3c(cc12)C(CCC=O)C=C(C(=O)O)O3. The molecule has 0 saturated heterocycles. The van der Waals surface area contributed by atoms with E-state index in [4.69, 9.17) is 4.74 Å². The molecule has 2 N–H and O–H groups in total. The van der Waals surface area contributed by atoms with Gasteiger partial charge in [0.25, 0.3) is 0 Å². The van der Waals surface area contributed by atoms with Crippen molar-refractivity contribution in [3.63, 3.8) is 0 Å². The molecule has 28 heavy (non-hydrogen) atoms. The van der Waals surface area contributed by atoms with Crippen LogP contribution < -0.4 is 4.74 Å². The Hall–Kier alpha value is -3.55. The second-order valence-corrected chi connectivity index (χ2v) is 6.37. The Bertz CT molecular complexity index is 1010. The molecule has 1 atom stereocenters. The number of aromatic nitrogens is 1. The number of aromatic carboxylic acids is 1. The van der Waals surface area contributed by atoms with Gasteiger partial charge in [0.1, 0.15) is 24.0 Å². The molecule has 3 rings (SSSR count). The summed E-state index contributed by atoms with van der Waals surface area (Å²) in [6.45, 7) is 0. The lowest BCUT2D eigenvalue weighted by Crippen LogP contribution is -2.16. The zero-order valence-corrected chi connectivity index (χ0v) is 14.8. The van der Waals surface area contributed by atoms with Gasteiger partial charge >= 0.3 is 11.9 Å². The van der Waals surface area contributed by atoms with Gasteiger partial charge in [0.05, 0.1) is 5.52 Å². The fourth-order valence-corrected chi connectivity index (χ4v) is 3.28. The third-order valence-electron chi connectivity index (χ3n) is 4.55. The molecule has 1 aliphatic heterocycles. The van der Waals surface area contributed by atoms with E-state index in [1.807, 2.05) is 0 Å². The van der Waals surface area contributed by atoms with Crippen molar-refractivity contribution >= 4 is 35.4 Å². The number of fused-ring (bicyclic) bond motifs is 2. The number of ether oxygens (including phenoxy) is 1. The van der Waals surface area contributed by atoms with E-state index < -0.39 is 11.9 Å². The Kier molecular flexibility index (Phi) is 5.49. The second-order valence-electron chi connectivity index (χ2n) is 6.37. The zero-order chi connectivity index (χ0) is 20.3. The van der Waals surface area contributed by atoms with Gasteiger partial charge in [-0.1, -0.05) is 0 Å². The molecule has 1 aromatic carbocycles. The number of carbonyl (C=O) groups excluding carboxylic acids is 2. The Morgan fingerprint density at radius 2 is 1.82 bits per heavy atom. The number of carboxylic acids is 2. The number of carboxylic acid groups (broad SMARTS) is 2. The van der Waals surface area contributed by atoms with Crippen LogP contribution in [0.5, 0.6) is 5.75 Å². The summed E-state index contributed by atoms with van der Waals surface area (Å²) in [5.41, 5.74) is 1.51. The highest BCUT2D eigenvalue weighted by Gasteiger charge is 2.26. The first-order chi connectivity index (χ1) is 13.4. The molecule has 0 fully saturated rings. The minimum absolute atomic E-state index is 0.171. The van der Waals surface area contributed by atoms with Gasteiger partial charge in [-0.3, -0.25) is 0 Å². The maximum absolute atomic E-state index is 11.4. The van der Waals surface area contributed by atoms with E-state index in [1.165, 1.54) is 18.2 Å². The van der Waals surface area contributed by atoms with Crippen LogP contribution in [0.2, 0.25) is 0 Å². The molecule has 1 unspecified atom stereocenters. The van der Waals surface area contributed by atoms with Crippen LogP contribution in [0.3, 0.4) is 0 Å². The van der Waals surface area contributed by atoms with Crippen LogP contribution in [0.25, 0.3) is 10.9 Å². The van der Waals surface area contributed by atoms with Crippen LogP contribution in [-0.2, 0) is 20.8 Å². The molecule has 0 bridgehead atoms. The molecule has 0 radical (unpaired) electrons. The fraction of sp³-hybridized carbons (Fsp3) is 0.250. The van der Waals surface area contributed by atoms with E-state index >= 15 is 0 Å². The van der Waals surface area contributed by atoms with Crippen molar-refractivity contribution in [1.82, 2.24) is 4.98 Å². The standard InChI is InChI=1S/C20H17NO7/c22-5-1-3-11-7-16(19(24)25)21-15-10-17-14(9-13(11)15)12(4-2-6-23)8-18(28-17)20(26)27/h5-10,12H,1-4H2,(H,24,25)(H,26,27). The average molecular weight is 383 g/mol. The number of carbonyl (C=O) groups is 4. The predicted octanol–water partition coefficient (Wildman–Crippen LogP) is 2.49. The van der Waals surface area contributed by atoms with Crippen LogP contribution in [0.1, 0.15) is 46.8 Å². The fourth-order valence-electron chi connectivity index (χ4n) is 3.28. The van der Waals surface area contributed by atoms with Crippen LogP contribution in [-0.4, -0.2) is 39.7 Å². The van der Waals surface area contributed by atoms with E-state index in [1.54, 1.807) is 6.07 Å². The van der Waals surface area contributed by atoms with Gasteiger partial charge in [-0.2, -0.15) is 0 Å². The Labute approximate surface area is 159 Å². The van der Waals surface area contributed by atoms with Crippen molar-refractivity contribution in [3.05, 3.63) is 46.9 Å². The highest BCUT2D eigenvalue weighted by molar-refractivity contribution is 5.93. The van der Waals surface area contributed by atoms with Crippen LogP contribution in [0.4, 0.5) is 0 Å².